The predicted octanol–water partition coefficient (Wildman–Crippen LogP) is 4.61. The molecule has 0 atom stereocenters. The van der Waals surface area contributed by atoms with Crippen molar-refractivity contribution in [1.82, 2.24) is 0 Å². The molecule has 0 aromatic heterocycles. The zero-order valence-corrected chi connectivity index (χ0v) is 15.6. The highest BCUT2D eigenvalue weighted by molar-refractivity contribution is 6.05. The van der Waals surface area contributed by atoms with Gasteiger partial charge in [-0.05, 0) is 37.3 Å². The van der Waals surface area contributed by atoms with Gasteiger partial charge in [-0.15, -0.1) is 0 Å². The van der Waals surface area contributed by atoms with E-state index in [0.717, 1.165) is 5.56 Å². The number of hydrogen-bond donors (Lipinski definition) is 1. The molecule has 0 heterocycles. The van der Waals surface area contributed by atoms with Crippen molar-refractivity contribution < 1.29 is 14.5 Å². The number of nitrogens with zero attached hydrogens (tertiary/aromatic N) is 2. The number of nitro groups is 1. The van der Waals surface area contributed by atoms with E-state index in [0.29, 0.717) is 28.1 Å². The maximum Gasteiger partial charge on any atom is 0.274 e. The molecule has 3 aromatic carbocycles. The van der Waals surface area contributed by atoms with Crippen molar-refractivity contribution in [3.05, 3.63) is 99.1 Å². The van der Waals surface area contributed by atoms with Crippen molar-refractivity contribution in [3.63, 3.8) is 0 Å². The Bertz CT molecular complexity index is 1120. The smallest absolute Gasteiger partial charge is 0.274 e. The quantitative estimate of drug-likeness (QED) is 0.491. The van der Waals surface area contributed by atoms with Crippen LogP contribution in [0.25, 0.3) is 0 Å². The van der Waals surface area contributed by atoms with Gasteiger partial charge in [0.15, 0.2) is 0 Å². The molecule has 0 bridgehead atoms. The normalized spacial score (nSPS) is 10.1. The van der Waals surface area contributed by atoms with Crippen LogP contribution in [0.5, 0.6) is 5.75 Å². The van der Waals surface area contributed by atoms with Gasteiger partial charge < -0.3 is 10.1 Å². The highest BCUT2D eigenvalue weighted by Crippen LogP contribution is 2.26. The number of anilines is 1. The average Bonchev–Trinajstić information content (AvgIpc) is 2.73. The minimum Gasteiger partial charge on any atom is -0.489 e. The van der Waals surface area contributed by atoms with Crippen LogP contribution in [-0.4, -0.2) is 10.8 Å². The number of nitriles is 1. The molecule has 0 unspecified atom stereocenters. The van der Waals surface area contributed by atoms with Crippen LogP contribution in [0, 0.1) is 28.4 Å². The van der Waals surface area contributed by atoms with Crippen LogP contribution < -0.4 is 10.1 Å². The monoisotopic (exact) mass is 387 g/mol. The molecular formula is C22H17N3O4. The van der Waals surface area contributed by atoms with Crippen LogP contribution in [0.3, 0.4) is 0 Å². The van der Waals surface area contributed by atoms with E-state index in [4.69, 9.17) is 10.00 Å². The molecular weight excluding hydrogens is 370 g/mol. The largest absolute Gasteiger partial charge is 0.489 e. The fourth-order valence-electron chi connectivity index (χ4n) is 2.79. The second-order valence-corrected chi connectivity index (χ2v) is 6.25. The van der Waals surface area contributed by atoms with Crippen LogP contribution in [0.15, 0.2) is 66.7 Å². The summed E-state index contributed by atoms with van der Waals surface area (Å²) in [6, 6.07) is 20.4. The molecule has 7 nitrogen and oxygen atoms in total. The predicted molar refractivity (Wildman–Crippen MR) is 108 cm³/mol. The molecule has 0 fully saturated rings. The third-order valence-electron chi connectivity index (χ3n) is 4.38. The van der Waals surface area contributed by atoms with Crippen molar-refractivity contribution in [1.29, 1.82) is 5.26 Å². The van der Waals surface area contributed by atoms with Crippen molar-refractivity contribution in [2.75, 3.05) is 5.32 Å². The number of nitro benzene ring substituents is 1. The van der Waals surface area contributed by atoms with Crippen LogP contribution >= 0.6 is 0 Å². The summed E-state index contributed by atoms with van der Waals surface area (Å²) in [5.41, 5.74) is 2.32. The zero-order chi connectivity index (χ0) is 20.8. The van der Waals surface area contributed by atoms with E-state index < -0.39 is 10.8 Å². The molecule has 0 aliphatic carbocycles. The Morgan fingerprint density at radius 2 is 1.90 bits per heavy atom. The average molecular weight is 387 g/mol. The highest BCUT2D eigenvalue weighted by atomic mass is 16.6. The number of carbonyl (C=O) groups excluding carboxylic acids is 1. The van der Waals surface area contributed by atoms with Gasteiger partial charge in [0.05, 0.1) is 27.8 Å². The van der Waals surface area contributed by atoms with E-state index in [9.17, 15) is 14.9 Å². The first kappa shape index (κ1) is 19.6. The first-order chi connectivity index (χ1) is 14.0. The van der Waals surface area contributed by atoms with Gasteiger partial charge in [0, 0.05) is 17.2 Å². The number of rotatable bonds is 6. The lowest BCUT2D eigenvalue weighted by molar-refractivity contribution is -0.385. The molecule has 0 aliphatic heterocycles. The Kier molecular flexibility index (Phi) is 5.85. The Morgan fingerprint density at radius 3 is 2.66 bits per heavy atom. The summed E-state index contributed by atoms with van der Waals surface area (Å²) in [4.78, 5) is 23.2. The van der Waals surface area contributed by atoms with Crippen molar-refractivity contribution in [2.24, 2.45) is 0 Å². The topological polar surface area (TPSA) is 105 Å². The third kappa shape index (κ3) is 4.57. The number of ether oxygens (including phenoxy) is 1. The van der Waals surface area contributed by atoms with Gasteiger partial charge in [0.2, 0.25) is 0 Å². The van der Waals surface area contributed by atoms with Gasteiger partial charge in [-0.25, -0.2) is 0 Å². The molecule has 0 saturated heterocycles. The number of nitrogens with one attached hydrogen (secondary N) is 1. The summed E-state index contributed by atoms with van der Waals surface area (Å²) >= 11 is 0. The van der Waals surface area contributed by atoms with Crippen molar-refractivity contribution in [3.8, 4) is 11.8 Å². The lowest BCUT2D eigenvalue weighted by Gasteiger charge is -2.11. The van der Waals surface area contributed by atoms with Gasteiger partial charge in [0.1, 0.15) is 12.4 Å². The minimum absolute atomic E-state index is 0.0592. The van der Waals surface area contributed by atoms with E-state index in [1.807, 2.05) is 6.07 Å². The molecule has 0 aliphatic rings. The molecule has 1 amide bonds. The van der Waals surface area contributed by atoms with Crippen LogP contribution in [0.2, 0.25) is 0 Å². The fourth-order valence-corrected chi connectivity index (χ4v) is 2.79. The Labute approximate surface area is 167 Å². The maximum atomic E-state index is 12.6. The van der Waals surface area contributed by atoms with E-state index in [1.165, 1.54) is 12.1 Å². The minimum atomic E-state index is -0.488. The van der Waals surface area contributed by atoms with Gasteiger partial charge in [0.25, 0.3) is 11.6 Å². The number of benzene rings is 3. The summed E-state index contributed by atoms with van der Waals surface area (Å²) in [5.74, 6) is 0.0672. The molecule has 29 heavy (non-hydrogen) atoms. The molecule has 0 saturated carbocycles. The second kappa shape index (κ2) is 8.67. The molecule has 7 heteroatoms. The molecule has 0 spiro atoms. The van der Waals surface area contributed by atoms with Gasteiger partial charge in [-0.1, -0.05) is 30.3 Å². The van der Waals surface area contributed by atoms with E-state index in [1.54, 1.807) is 55.5 Å². The first-order valence-corrected chi connectivity index (χ1v) is 8.76. The third-order valence-corrected chi connectivity index (χ3v) is 4.38. The van der Waals surface area contributed by atoms with Gasteiger partial charge in [-0.2, -0.15) is 5.26 Å². The number of carbonyl (C=O) groups is 1. The lowest BCUT2D eigenvalue weighted by Crippen LogP contribution is -2.13. The maximum absolute atomic E-state index is 12.6. The van der Waals surface area contributed by atoms with Gasteiger partial charge in [-0.3, -0.25) is 14.9 Å². The molecule has 3 aromatic rings. The Hall–Kier alpha value is -4.18. The SMILES string of the molecule is Cc1c(NC(=O)c2cccc(OCc3ccccc3C#N)c2)cccc1[N+](=O)[O-]. The van der Waals surface area contributed by atoms with Crippen LogP contribution in [-0.2, 0) is 6.61 Å². The molecule has 144 valence electrons. The van der Waals surface area contributed by atoms with Crippen molar-refractivity contribution >= 4 is 17.3 Å². The number of hydrogen-bond acceptors (Lipinski definition) is 5. The van der Waals surface area contributed by atoms with E-state index in [2.05, 4.69) is 11.4 Å². The number of amides is 1. The fraction of sp³-hybridized carbons (Fsp3) is 0.0909. The first-order valence-electron chi connectivity index (χ1n) is 8.76. The van der Waals surface area contributed by atoms with Crippen LogP contribution in [0.4, 0.5) is 11.4 Å². The molecule has 3 rings (SSSR count). The lowest BCUT2D eigenvalue weighted by atomic mass is 10.1. The summed E-state index contributed by atoms with van der Waals surface area (Å²) in [6.07, 6.45) is 0. The Balaban J connectivity index is 1.74. The summed E-state index contributed by atoms with van der Waals surface area (Å²) in [7, 11) is 0. The van der Waals surface area contributed by atoms with Crippen molar-refractivity contribution in [2.45, 2.75) is 13.5 Å². The molecule has 0 radical (unpaired) electrons. The summed E-state index contributed by atoms with van der Waals surface area (Å²) in [6.45, 7) is 1.78. The van der Waals surface area contributed by atoms with Gasteiger partial charge >= 0.3 is 0 Å². The standard InChI is InChI=1S/C22H17N3O4/c1-15-20(10-5-11-21(15)25(27)28)24-22(26)16-8-4-9-19(12-16)29-14-18-7-3-2-6-17(18)13-23/h2-12H,14H2,1H3,(H,24,26). The van der Waals surface area contributed by atoms with Crippen LogP contribution in [0.1, 0.15) is 27.0 Å². The molecule has 1 N–H and O–H groups in total. The zero-order valence-electron chi connectivity index (χ0n) is 15.6. The summed E-state index contributed by atoms with van der Waals surface area (Å²) < 4.78 is 5.73. The second-order valence-electron chi connectivity index (χ2n) is 6.25. The van der Waals surface area contributed by atoms with E-state index >= 15 is 0 Å². The highest BCUT2D eigenvalue weighted by Gasteiger charge is 2.16. The van der Waals surface area contributed by atoms with E-state index in [-0.39, 0.29) is 12.3 Å². The summed E-state index contributed by atoms with van der Waals surface area (Å²) in [5, 5.41) is 22.9. The Morgan fingerprint density at radius 1 is 1.14 bits per heavy atom.